The van der Waals surface area contributed by atoms with Crippen LogP contribution in [0.25, 0.3) is 0 Å². The molecule has 0 aliphatic carbocycles. The lowest BCUT2D eigenvalue weighted by atomic mass is 9.90. The summed E-state index contributed by atoms with van der Waals surface area (Å²) in [5.41, 5.74) is 2.14. The van der Waals surface area contributed by atoms with Gasteiger partial charge in [-0.25, -0.2) is 0 Å². The Balaban J connectivity index is 1.71. The number of nitrogens with zero attached hydrogens (tertiary/aromatic N) is 3. The van der Waals surface area contributed by atoms with Gasteiger partial charge < -0.3 is 9.80 Å². The molecule has 0 atom stereocenters. The van der Waals surface area contributed by atoms with Gasteiger partial charge in [-0.15, -0.1) is 0 Å². The largest absolute Gasteiger partial charge is 0.339 e. The van der Waals surface area contributed by atoms with Crippen LogP contribution in [0.5, 0.6) is 0 Å². The Morgan fingerprint density at radius 3 is 1.85 bits per heavy atom. The summed E-state index contributed by atoms with van der Waals surface area (Å²) in [6.07, 6.45) is 0. The third-order valence-corrected chi connectivity index (χ3v) is 5.06. The summed E-state index contributed by atoms with van der Waals surface area (Å²) in [7, 11) is 4.20. The maximum Gasteiger partial charge on any atom is 0.234 e. The van der Waals surface area contributed by atoms with Crippen LogP contribution in [0.1, 0.15) is 17.0 Å². The lowest BCUT2D eigenvalue weighted by Crippen LogP contribution is -2.51. The summed E-state index contributed by atoms with van der Waals surface area (Å²) in [5.74, 6) is 0.000356. The number of carbonyl (C=O) groups is 1. The molecule has 1 saturated heterocycles. The number of hydrogen-bond acceptors (Lipinski definition) is 3. The van der Waals surface area contributed by atoms with Crippen molar-refractivity contribution < 1.29 is 4.79 Å². The highest BCUT2D eigenvalue weighted by Gasteiger charge is 2.29. The Bertz CT molecular complexity index is 640. The minimum atomic E-state index is -0.217. The zero-order chi connectivity index (χ0) is 18.4. The molecule has 0 N–H and O–H groups in total. The Hall–Kier alpha value is -2.17. The number of hydrogen-bond donors (Lipinski definition) is 0. The van der Waals surface area contributed by atoms with E-state index in [0.717, 1.165) is 50.4 Å². The van der Waals surface area contributed by atoms with Crippen molar-refractivity contribution in [2.24, 2.45) is 0 Å². The molecular weight excluding hydrogens is 322 g/mol. The summed E-state index contributed by atoms with van der Waals surface area (Å²) in [4.78, 5) is 20.1. The van der Waals surface area contributed by atoms with Gasteiger partial charge in [0.1, 0.15) is 0 Å². The van der Waals surface area contributed by atoms with Crippen LogP contribution in [0.15, 0.2) is 60.7 Å². The van der Waals surface area contributed by atoms with Crippen molar-refractivity contribution in [2.75, 3.05) is 53.4 Å². The highest BCUT2D eigenvalue weighted by Crippen LogP contribution is 2.27. The van der Waals surface area contributed by atoms with Gasteiger partial charge in [0.05, 0.1) is 5.92 Å². The van der Waals surface area contributed by atoms with Crippen molar-refractivity contribution in [1.29, 1.82) is 0 Å². The number of carbonyl (C=O) groups excluding carboxylic acids is 1. The number of rotatable bonds is 6. The minimum absolute atomic E-state index is 0.217. The highest BCUT2D eigenvalue weighted by molar-refractivity contribution is 5.87. The number of likely N-dealkylation sites (N-methyl/N-ethyl adjacent to an activating group) is 1. The van der Waals surface area contributed by atoms with Crippen LogP contribution in [0.4, 0.5) is 0 Å². The maximum atomic E-state index is 13.4. The van der Waals surface area contributed by atoms with Gasteiger partial charge in [0.25, 0.3) is 0 Å². The SMILES string of the molecule is CN(C)CCN1CCN(C(=O)C(c2ccccc2)c2ccccc2)CC1. The first-order valence-electron chi connectivity index (χ1n) is 9.41. The average Bonchev–Trinajstić information content (AvgIpc) is 2.68. The van der Waals surface area contributed by atoms with Crippen LogP contribution in [0, 0.1) is 0 Å². The molecule has 138 valence electrons. The Morgan fingerprint density at radius 2 is 1.38 bits per heavy atom. The van der Waals surface area contributed by atoms with E-state index < -0.39 is 0 Å². The lowest BCUT2D eigenvalue weighted by Gasteiger charge is -2.37. The number of benzene rings is 2. The quantitative estimate of drug-likeness (QED) is 0.800. The van der Waals surface area contributed by atoms with Crippen molar-refractivity contribution in [3.63, 3.8) is 0 Å². The van der Waals surface area contributed by atoms with Crippen LogP contribution in [-0.4, -0.2) is 74.0 Å². The van der Waals surface area contributed by atoms with E-state index >= 15 is 0 Å². The van der Waals surface area contributed by atoms with Crippen LogP contribution in [0.3, 0.4) is 0 Å². The fourth-order valence-corrected chi connectivity index (χ4v) is 3.48. The molecule has 4 heteroatoms. The van der Waals surface area contributed by atoms with Gasteiger partial charge in [0.2, 0.25) is 5.91 Å². The molecule has 1 fully saturated rings. The van der Waals surface area contributed by atoms with E-state index in [2.05, 4.69) is 48.2 Å². The van der Waals surface area contributed by atoms with Crippen molar-refractivity contribution >= 4 is 5.91 Å². The first-order chi connectivity index (χ1) is 12.6. The second kappa shape index (κ2) is 8.97. The Kier molecular flexibility index (Phi) is 6.42. The molecule has 26 heavy (non-hydrogen) atoms. The fourth-order valence-electron chi connectivity index (χ4n) is 3.48. The first kappa shape index (κ1) is 18.6. The molecule has 0 bridgehead atoms. The molecule has 2 aromatic rings. The van der Waals surface area contributed by atoms with E-state index in [1.54, 1.807) is 0 Å². The molecule has 0 radical (unpaired) electrons. The van der Waals surface area contributed by atoms with Crippen molar-refractivity contribution in [3.8, 4) is 0 Å². The normalized spacial score (nSPS) is 15.6. The van der Waals surface area contributed by atoms with Crippen LogP contribution >= 0.6 is 0 Å². The van der Waals surface area contributed by atoms with Crippen LogP contribution < -0.4 is 0 Å². The van der Waals surface area contributed by atoms with E-state index in [0.29, 0.717) is 0 Å². The summed E-state index contributed by atoms with van der Waals surface area (Å²) >= 11 is 0. The molecular formula is C22H29N3O. The zero-order valence-corrected chi connectivity index (χ0v) is 15.8. The summed E-state index contributed by atoms with van der Waals surface area (Å²) in [6, 6.07) is 20.3. The standard InChI is InChI=1S/C22H29N3O/c1-23(2)13-14-24-15-17-25(18-16-24)22(26)21(19-9-5-3-6-10-19)20-11-7-4-8-12-20/h3-12,21H,13-18H2,1-2H3. The van der Waals surface area contributed by atoms with Crippen molar-refractivity contribution in [1.82, 2.24) is 14.7 Å². The monoisotopic (exact) mass is 351 g/mol. The smallest absolute Gasteiger partial charge is 0.234 e. The van der Waals surface area contributed by atoms with Gasteiger partial charge in [-0.05, 0) is 25.2 Å². The van der Waals surface area contributed by atoms with Crippen LogP contribution in [0.2, 0.25) is 0 Å². The van der Waals surface area contributed by atoms with E-state index in [-0.39, 0.29) is 11.8 Å². The second-order valence-corrected chi connectivity index (χ2v) is 7.22. The van der Waals surface area contributed by atoms with E-state index in [1.165, 1.54) is 0 Å². The molecule has 0 spiro atoms. The molecule has 1 heterocycles. The van der Waals surface area contributed by atoms with E-state index in [1.807, 2.05) is 41.3 Å². The van der Waals surface area contributed by atoms with Gasteiger partial charge in [-0.1, -0.05) is 60.7 Å². The van der Waals surface area contributed by atoms with E-state index in [9.17, 15) is 4.79 Å². The Labute approximate surface area is 157 Å². The molecule has 1 aliphatic heterocycles. The Morgan fingerprint density at radius 1 is 0.885 bits per heavy atom. The predicted molar refractivity (Wildman–Crippen MR) is 106 cm³/mol. The summed E-state index contributed by atoms with van der Waals surface area (Å²) in [5, 5.41) is 0. The van der Waals surface area contributed by atoms with Gasteiger partial charge in [-0.3, -0.25) is 9.69 Å². The molecule has 2 aromatic carbocycles. The fraction of sp³-hybridized carbons (Fsp3) is 0.409. The van der Waals surface area contributed by atoms with Crippen molar-refractivity contribution in [2.45, 2.75) is 5.92 Å². The maximum absolute atomic E-state index is 13.4. The molecule has 0 saturated carbocycles. The van der Waals surface area contributed by atoms with E-state index in [4.69, 9.17) is 0 Å². The minimum Gasteiger partial charge on any atom is -0.339 e. The first-order valence-corrected chi connectivity index (χ1v) is 9.41. The average molecular weight is 351 g/mol. The third kappa shape index (κ3) is 4.71. The number of piperazine rings is 1. The molecule has 1 aliphatic rings. The van der Waals surface area contributed by atoms with Crippen LogP contribution in [-0.2, 0) is 4.79 Å². The molecule has 0 unspecified atom stereocenters. The molecule has 4 nitrogen and oxygen atoms in total. The molecule has 1 amide bonds. The van der Waals surface area contributed by atoms with Crippen molar-refractivity contribution in [3.05, 3.63) is 71.8 Å². The lowest BCUT2D eigenvalue weighted by molar-refractivity contribution is -0.133. The molecule has 3 rings (SSSR count). The second-order valence-electron chi connectivity index (χ2n) is 7.22. The van der Waals surface area contributed by atoms with Gasteiger partial charge >= 0.3 is 0 Å². The van der Waals surface area contributed by atoms with Gasteiger partial charge in [0, 0.05) is 39.3 Å². The van der Waals surface area contributed by atoms with Gasteiger partial charge in [-0.2, -0.15) is 0 Å². The van der Waals surface area contributed by atoms with Gasteiger partial charge in [0.15, 0.2) is 0 Å². The summed E-state index contributed by atoms with van der Waals surface area (Å²) in [6.45, 7) is 5.65. The summed E-state index contributed by atoms with van der Waals surface area (Å²) < 4.78 is 0. The number of amides is 1. The topological polar surface area (TPSA) is 26.8 Å². The highest BCUT2D eigenvalue weighted by atomic mass is 16.2. The predicted octanol–water partition coefficient (Wildman–Crippen LogP) is 2.52. The zero-order valence-electron chi connectivity index (χ0n) is 15.8. The molecule has 0 aromatic heterocycles. The third-order valence-electron chi connectivity index (χ3n) is 5.06.